The summed E-state index contributed by atoms with van der Waals surface area (Å²) in [4.78, 5) is 36.9. The number of carbonyl (C=O) groups is 2. The zero-order chi connectivity index (χ0) is 21.0. The van der Waals surface area contributed by atoms with E-state index in [1.165, 1.54) is 19.1 Å². The second kappa shape index (κ2) is 8.51. The van der Waals surface area contributed by atoms with Gasteiger partial charge in [-0.25, -0.2) is 4.79 Å². The summed E-state index contributed by atoms with van der Waals surface area (Å²) < 4.78 is 5.18. The highest BCUT2D eigenvalue weighted by atomic mass is 16.6. The van der Waals surface area contributed by atoms with Gasteiger partial charge in [0.1, 0.15) is 5.69 Å². The Morgan fingerprint density at radius 1 is 1.14 bits per heavy atom. The first-order chi connectivity index (χ1) is 13.1. The van der Waals surface area contributed by atoms with Crippen molar-refractivity contribution in [1.82, 2.24) is 0 Å². The van der Waals surface area contributed by atoms with Crippen molar-refractivity contribution in [2.75, 3.05) is 24.3 Å². The normalized spacial score (nSPS) is 11.5. The largest absolute Gasteiger partial charge is 0.449 e. The number of nitro benzene ring substituents is 1. The van der Waals surface area contributed by atoms with Crippen LogP contribution in [0.1, 0.15) is 28.4 Å². The SMILES string of the molecule is Cc1ccc(NC(=O)[C@@H](C)OC(=O)c2ccc(N(C)C)c([N+](=O)[O-])c2)c(C)c1. The van der Waals surface area contributed by atoms with Gasteiger partial charge in [-0.05, 0) is 44.5 Å². The first-order valence-electron chi connectivity index (χ1n) is 8.65. The molecule has 0 radical (unpaired) electrons. The molecule has 8 heteroatoms. The van der Waals surface area contributed by atoms with Gasteiger partial charge in [0.15, 0.2) is 6.10 Å². The lowest BCUT2D eigenvalue weighted by molar-refractivity contribution is -0.384. The molecule has 0 fully saturated rings. The summed E-state index contributed by atoms with van der Waals surface area (Å²) in [5.74, 6) is -1.30. The fourth-order valence-electron chi connectivity index (χ4n) is 2.65. The van der Waals surface area contributed by atoms with Gasteiger partial charge in [-0.3, -0.25) is 14.9 Å². The van der Waals surface area contributed by atoms with Gasteiger partial charge in [-0.15, -0.1) is 0 Å². The lowest BCUT2D eigenvalue weighted by Gasteiger charge is -2.16. The van der Waals surface area contributed by atoms with E-state index >= 15 is 0 Å². The molecule has 28 heavy (non-hydrogen) atoms. The lowest BCUT2D eigenvalue weighted by Crippen LogP contribution is -2.30. The molecule has 1 amide bonds. The van der Waals surface area contributed by atoms with Crippen molar-refractivity contribution in [3.05, 3.63) is 63.2 Å². The summed E-state index contributed by atoms with van der Waals surface area (Å²) in [6.07, 6.45) is -1.07. The number of carbonyl (C=O) groups excluding carboxylic acids is 2. The van der Waals surface area contributed by atoms with Crippen LogP contribution in [0.4, 0.5) is 17.1 Å². The van der Waals surface area contributed by atoms with Crippen molar-refractivity contribution in [2.24, 2.45) is 0 Å². The monoisotopic (exact) mass is 385 g/mol. The zero-order valence-electron chi connectivity index (χ0n) is 16.5. The molecule has 1 N–H and O–H groups in total. The number of hydrogen-bond donors (Lipinski definition) is 1. The summed E-state index contributed by atoms with van der Waals surface area (Å²) in [6.45, 7) is 5.26. The molecule has 8 nitrogen and oxygen atoms in total. The number of nitro groups is 1. The molecule has 0 aromatic heterocycles. The number of esters is 1. The fraction of sp³-hybridized carbons (Fsp3) is 0.300. The number of anilines is 2. The molecule has 0 saturated heterocycles. The van der Waals surface area contributed by atoms with Gasteiger partial charge >= 0.3 is 5.97 Å². The second-order valence-corrected chi connectivity index (χ2v) is 6.71. The number of hydrogen-bond acceptors (Lipinski definition) is 6. The number of nitrogens with one attached hydrogen (secondary N) is 1. The highest BCUT2D eigenvalue weighted by Gasteiger charge is 2.23. The van der Waals surface area contributed by atoms with Gasteiger partial charge in [0, 0.05) is 25.8 Å². The molecule has 2 aromatic carbocycles. The molecular formula is C20H23N3O5. The summed E-state index contributed by atoms with van der Waals surface area (Å²) in [5.41, 5.74) is 2.74. The predicted octanol–water partition coefficient (Wildman–Crippen LogP) is 3.46. The van der Waals surface area contributed by atoms with Crippen molar-refractivity contribution >= 4 is 28.9 Å². The molecule has 0 aliphatic carbocycles. The maximum atomic E-state index is 12.3. The van der Waals surface area contributed by atoms with E-state index in [2.05, 4.69) is 5.32 Å². The third kappa shape index (κ3) is 4.85. The maximum Gasteiger partial charge on any atom is 0.339 e. The van der Waals surface area contributed by atoms with E-state index in [0.29, 0.717) is 11.4 Å². The van der Waals surface area contributed by atoms with E-state index in [1.807, 2.05) is 26.0 Å². The Balaban J connectivity index is 2.12. The van der Waals surface area contributed by atoms with E-state index in [1.54, 1.807) is 25.1 Å². The molecule has 0 unspecified atom stereocenters. The number of ether oxygens (including phenoxy) is 1. The summed E-state index contributed by atoms with van der Waals surface area (Å²) >= 11 is 0. The minimum absolute atomic E-state index is 0.00321. The van der Waals surface area contributed by atoms with Gasteiger partial charge in [0.25, 0.3) is 11.6 Å². The second-order valence-electron chi connectivity index (χ2n) is 6.71. The van der Waals surface area contributed by atoms with Crippen LogP contribution in [0, 0.1) is 24.0 Å². The van der Waals surface area contributed by atoms with Crippen molar-refractivity contribution in [3.8, 4) is 0 Å². The van der Waals surface area contributed by atoms with Gasteiger partial charge in [-0.1, -0.05) is 17.7 Å². The third-order valence-electron chi connectivity index (χ3n) is 4.18. The van der Waals surface area contributed by atoms with E-state index in [4.69, 9.17) is 4.74 Å². The molecule has 0 spiro atoms. The smallest absolute Gasteiger partial charge is 0.339 e. The van der Waals surface area contributed by atoms with E-state index in [-0.39, 0.29) is 11.3 Å². The Bertz CT molecular complexity index is 924. The van der Waals surface area contributed by atoms with Crippen molar-refractivity contribution < 1.29 is 19.2 Å². The van der Waals surface area contributed by atoms with E-state index < -0.39 is 22.9 Å². The van der Waals surface area contributed by atoms with Crippen LogP contribution < -0.4 is 10.2 Å². The molecule has 0 heterocycles. The molecule has 148 valence electrons. The van der Waals surface area contributed by atoms with Gasteiger partial charge in [-0.2, -0.15) is 0 Å². The first-order valence-corrected chi connectivity index (χ1v) is 8.65. The molecule has 0 aliphatic rings. The van der Waals surface area contributed by atoms with Crippen LogP contribution in [-0.2, 0) is 9.53 Å². The Morgan fingerprint density at radius 3 is 2.39 bits per heavy atom. The van der Waals surface area contributed by atoms with Gasteiger partial charge in [0.2, 0.25) is 0 Å². The van der Waals surface area contributed by atoms with Crippen molar-refractivity contribution in [1.29, 1.82) is 0 Å². The molecule has 1 atom stereocenters. The quantitative estimate of drug-likeness (QED) is 0.464. The average molecular weight is 385 g/mol. The van der Waals surface area contributed by atoms with Crippen LogP contribution in [0.15, 0.2) is 36.4 Å². The van der Waals surface area contributed by atoms with Gasteiger partial charge in [0.05, 0.1) is 10.5 Å². The minimum atomic E-state index is -1.07. The number of rotatable bonds is 6. The summed E-state index contributed by atoms with van der Waals surface area (Å²) in [7, 11) is 3.33. The lowest BCUT2D eigenvalue weighted by atomic mass is 10.1. The molecular weight excluding hydrogens is 362 g/mol. The Kier molecular flexibility index (Phi) is 6.35. The van der Waals surface area contributed by atoms with Crippen molar-refractivity contribution in [3.63, 3.8) is 0 Å². The molecule has 0 bridgehead atoms. The highest BCUT2D eigenvalue weighted by Crippen LogP contribution is 2.28. The van der Waals surface area contributed by atoms with Crippen LogP contribution in [0.3, 0.4) is 0 Å². The van der Waals surface area contributed by atoms with E-state index in [0.717, 1.165) is 17.2 Å². The predicted molar refractivity (Wildman–Crippen MR) is 107 cm³/mol. The molecule has 0 aliphatic heterocycles. The standard InChI is InChI=1S/C20H23N3O5/c1-12-6-8-16(13(2)10-12)21-19(24)14(3)28-20(25)15-7-9-17(22(4)5)18(11-15)23(26)27/h6-11,14H,1-5H3,(H,21,24)/t14-/m1/s1. The topological polar surface area (TPSA) is 102 Å². The Hall–Kier alpha value is -3.42. The number of benzene rings is 2. The maximum absolute atomic E-state index is 12.3. The number of nitrogens with zero attached hydrogens (tertiary/aromatic N) is 2. The van der Waals surface area contributed by atoms with Crippen LogP contribution in [0.5, 0.6) is 0 Å². The molecule has 2 rings (SSSR count). The highest BCUT2D eigenvalue weighted by molar-refractivity contribution is 5.98. The average Bonchev–Trinajstić information content (AvgIpc) is 2.63. The van der Waals surface area contributed by atoms with Crippen LogP contribution in [0.2, 0.25) is 0 Å². The first kappa shape index (κ1) is 20.9. The minimum Gasteiger partial charge on any atom is -0.449 e. The molecule has 0 saturated carbocycles. The fourth-order valence-corrected chi connectivity index (χ4v) is 2.65. The number of aryl methyl sites for hydroxylation is 2. The zero-order valence-corrected chi connectivity index (χ0v) is 16.5. The number of amides is 1. The van der Waals surface area contributed by atoms with E-state index in [9.17, 15) is 19.7 Å². The Labute approximate surface area is 163 Å². The van der Waals surface area contributed by atoms with Gasteiger partial charge < -0.3 is 15.0 Å². The molecule has 2 aromatic rings. The van der Waals surface area contributed by atoms with Crippen LogP contribution in [0.25, 0.3) is 0 Å². The Morgan fingerprint density at radius 2 is 1.82 bits per heavy atom. The van der Waals surface area contributed by atoms with Crippen LogP contribution in [-0.4, -0.2) is 37.0 Å². The summed E-state index contributed by atoms with van der Waals surface area (Å²) in [5, 5.41) is 14.0. The van der Waals surface area contributed by atoms with Crippen molar-refractivity contribution in [2.45, 2.75) is 26.9 Å². The van der Waals surface area contributed by atoms with Crippen LogP contribution >= 0.6 is 0 Å². The third-order valence-corrected chi connectivity index (χ3v) is 4.18. The summed E-state index contributed by atoms with van der Waals surface area (Å²) in [6, 6.07) is 9.61.